The van der Waals surface area contributed by atoms with E-state index in [0.717, 1.165) is 11.1 Å². The molecule has 0 bridgehead atoms. The molecule has 2 N–H and O–H groups in total. The molecule has 1 heterocycles. The highest BCUT2D eigenvalue weighted by Gasteiger charge is 2.14. The van der Waals surface area contributed by atoms with Crippen molar-refractivity contribution in [3.63, 3.8) is 0 Å². The Labute approximate surface area is 146 Å². The molecule has 24 heavy (non-hydrogen) atoms. The molecule has 0 spiro atoms. The SMILES string of the molecule is CC(C)(C)c1ccc(-c2nc3cc(N=C(N)CCl)ccc3o2)cc1. The zero-order valence-corrected chi connectivity index (χ0v) is 14.8. The number of rotatable bonds is 3. The predicted octanol–water partition coefficient (Wildman–Crippen LogP) is 5.02. The van der Waals surface area contributed by atoms with Crippen molar-refractivity contribution in [2.45, 2.75) is 26.2 Å². The van der Waals surface area contributed by atoms with Gasteiger partial charge in [-0.15, -0.1) is 11.6 Å². The molecule has 124 valence electrons. The molecule has 3 aromatic rings. The van der Waals surface area contributed by atoms with Crippen LogP contribution in [0.1, 0.15) is 26.3 Å². The summed E-state index contributed by atoms with van der Waals surface area (Å²) in [5.41, 5.74) is 10.2. The first-order valence-corrected chi connectivity index (χ1v) is 8.31. The van der Waals surface area contributed by atoms with Crippen molar-refractivity contribution < 1.29 is 4.42 Å². The van der Waals surface area contributed by atoms with Crippen LogP contribution in [0, 0.1) is 0 Å². The van der Waals surface area contributed by atoms with Gasteiger partial charge in [0.05, 0.1) is 11.6 Å². The molecule has 1 aromatic heterocycles. The lowest BCUT2D eigenvalue weighted by molar-refractivity contribution is 0.589. The zero-order chi connectivity index (χ0) is 17.3. The van der Waals surface area contributed by atoms with Gasteiger partial charge in [-0.05, 0) is 41.3 Å². The third kappa shape index (κ3) is 3.44. The van der Waals surface area contributed by atoms with Gasteiger partial charge in [0.25, 0.3) is 0 Å². The Balaban J connectivity index is 1.96. The molecule has 0 saturated carbocycles. The number of oxazole rings is 1. The van der Waals surface area contributed by atoms with E-state index in [4.69, 9.17) is 21.8 Å². The molecular weight excluding hydrogens is 322 g/mol. The van der Waals surface area contributed by atoms with E-state index in [-0.39, 0.29) is 11.3 Å². The summed E-state index contributed by atoms with van der Waals surface area (Å²) in [6.45, 7) is 6.57. The van der Waals surface area contributed by atoms with E-state index in [1.165, 1.54) is 5.56 Å². The first kappa shape index (κ1) is 16.5. The molecular formula is C19H20ClN3O. The normalized spacial score (nSPS) is 12.8. The Bertz CT molecular complexity index is 889. The first-order chi connectivity index (χ1) is 11.4. The number of hydrogen-bond acceptors (Lipinski definition) is 3. The second-order valence-corrected chi connectivity index (χ2v) is 7.00. The molecule has 0 fully saturated rings. The molecule has 0 radical (unpaired) electrons. The third-order valence-corrected chi connectivity index (χ3v) is 4.05. The van der Waals surface area contributed by atoms with Crippen LogP contribution in [0.3, 0.4) is 0 Å². The van der Waals surface area contributed by atoms with Gasteiger partial charge in [0.2, 0.25) is 5.89 Å². The van der Waals surface area contributed by atoms with E-state index in [2.05, 4.69) is 42.9 Å². The van der Waals surface area contributed by atoms with Crippen molar-refractivity contribution in [3.05, 3.63) is 48.0 Å². The number of aliphatic imine (C=N–C) groups is 1. The summed E-state index contributed by atoms with van der Waals surface area (Å²) in [5.74, 6) is 1.16. The lowest BCUT2D eigenvalue weighted by atomic mass is 9.87. The van der Waals surface area contributed by atoms with E-state index in [1.54, 1.807) is 0 Å². The molecule has 0 aliphatic heterocycles. The minimum absolute atomic E-state index is 0.120. The maximum absolute atomic E-state index is 5.85. The molecule has 0 aliphatic rings. The summed E-state index contributed by atoms with van der Waals surface area (Å²) in [6, 6.07) is 13.8. The number of amidine groups is 1. The molecule has 5 heteroatoms. The van der Waals surface area contributed by atoms with E-state index in [9.17, 15) is 0 Å². The van der Waals surface area contributed by atoms with Crippen molar-refractivity contribution in [2.24, 2.45) is 10.7 Å². The van der Waals surface area contributed by atoms with E-state index in [1.807, 2.05) is 30.3 Å². The number of fused-ring (bicyclic) bond motifs is 1. The monoisotopic (exact) mass is 341 g/mol. The summed E-state index contributed by atoms with van der Waals surface area (Å²) in [4.78, 5) is 8.79. The van der Waals surface area contributed by atoms with Crippen LogP contribution in [0.15, 0.2) is 51.9 Å². The van der Waals surface area contributed by atoms with Crippen LogP contribution in [0.4, 0.5) is 5.69 Å². The van der Waals surface area contributed by atoms with Gasteiger partial charge in [0.1, 0.15) is 11.4 Å². The summed E-state index contributed by atoms with van der Waals surface area (Å²) in [7, 11) is 0. The minimum atomic E-state index is 0.120. The predicted molar refractivity (Wildman–Crippen MR) is 100 cm³/mol. The van der Waals surface area contributed by atoms with Gasteiger partial charge >= 0.3 is 0 Å². The molecule has 2 aromatic carbocycles. The van der Waals surface area contributed by atoms with Crippen LogP contribution in [0.2, 0.25) is 0 Å². The van der Waals surface area contributed by atoms with Crippen LogP contribution >= 0.6 is 11.6 Å². The number of hydrogen-bond donors (Lipinski definition) is 1. The maximum Gasteiger partial charge on any atom is 0.227 e. The van der Waals surface area contributed by atoms with Crippen molar-refractivity contribution in [1.29, 1.82) is 0 Å². The van der Waals surface area contributed by atoms with Crippen molar-refractivity contribution >= 4 is 34.2 Å². The number of nitrogens with two attached hydrogens (primary N) is 1. The van der Waals surface area contributed by atoms with E-state index in [0.29, 0.717) is 23.0 Å². The Kier molecular flexibility index (Phi) is 4.33. The van der Waals surface area contributed by atoms with Crippen LogP contribution in [0.25, 0.3) is 22.6 Å². The standard InChI is InChI=1S/C19H20ClN3O/c1-19(2,3)13-6-4-12(5-7-13)18-23-15-10-14(22-17(21)11-20)8-9-16(15)24-18/h4-10H,11H2,1-3H3,(H2,21,22). The molecule has 4 nitrogen and oxygen atoms in total. The number of nitrogens with zero attached hydrogens (tertiary/aromatic N) is 2. The highest BCUT2D eigenvalue weighted by Crippen LogP contribution is 2.29. The number of aromatic nitrogens is 1. The van der Waals surface area contributed by atoms with Gasteiger partial charge in [-0.25, -0.2) is 9.98 Å². The average molecular weight is 342 g/mol. The highest BCUT2D eigenvalue weighted by atomic mass is 35.5. The van der Waals surface area contributed by atoms with Crippen LogP contribution in [-0.2, 0) is 5.41 Å². The zero-order valence-electron chi connectivity index (χ0n) is 14.0. The van der Waals surface area contributed by atoms with Crippen molar-refractivity contribution in [3.8, 4) is 11.5 Å². The number of halogens is 1. The molecule has 0 saturated heterocycles. The topological polar surface area (TPSA) is 64.4 Å². The van der Waals surface area contributed by atoms with E-state index < -0.39 is 0 Å². The maximum atomic E-state index is 5.85. The van der Waals surface area contributed by atoms with Crippen LogP contribution < -0.4 is 5.73 Å². The quantitative estimate of drug-likeness (QED) is 0.413. The molecule has 0 amide bonds. The van der Waals surface area contributed by atoms with E-state index >= 15 is 0 Å². The summed E-state index contributed by atoms with van der Waals surface area (Å²) in [5, 5.41) is 0. The van der Waals surface area contributed by atoms with Gasteiger partial charge in [0.15, 0.2) is 5.58 Å². The van der Waals surface area contributed by atoms with Gasteiger partial charge in [-0.1, -0.05) is 32.9 Å². The fourth-order valence-corrected chi connectivity index (χ4v) is 2.48. The minimum Gasteiger partial charge on any atom is -0.436 e. The molecule has 3 rings (SSSR count). The summed E-state index contributed by atoms with van der Waals surface area (Å²) >= 11 is 5.66. The van der Waals surface area contributed by atoms with Gasteiger partial charge in [-0.3, -0.25) is 0 Å². The van der Waals surface area contributed by atoms with Gasteiger partial charge in [0, 0.05) is 5.56 Å². The largest absolute Gasteiger partial charge is 0.436 e. The second kappa shape index (κ2) is 6.29. The van der Waals surface area contributed by atoms with Crippen molar-refractivity contribution in [1.82, 2.24) is 4.98 Å². The number of benzene rings is 2. The third-order valence-electron chi connectivity index (χ3n) is 3.78. The van der Waals surface area contributed by atoms with Crippen LogP contribution in [-0.4, -0.2) is 16.7 Å². The lowest BCUT2D eigenvalue weighted by Gasteiger charge is -2.18. The fourth-order valence-electron chi connectivity index (χ4n) is 2.42. The Hall–Kier alpha value is -2.33. The smallest absolute Gasteiger partial charge is 0.227 e. The highest BCUT2D eigenvalue weighted by molar-refractivity contribution is 6.28. The Morgan fingerprint density at radius 1 is 1.17 bits per heavy atom. The van der Waals surface area contributed by atoms with Crippen LogP contribution in [0.5, 0.6) is 0 Å². The molecule has 0 aliphatic carbocycles. The molecule has 0 atom stereocenters. The molecule has 0 unspecified atom stereocenters. The fraction of sp³-hybridized carbons (Fsp3) is 0.263. The van der Waals surface area contributed by atoms with Crippen molar-refractivity contribution in [2.75, 3.05) is 5.88 Å². The lowest BCUT2D eigenvalue weighted by Crippen LogP contribution is -2.12. The van der Waals surface area contributed by atoms with Gasteiger partial charge in [-0.2, -0.15) is 0 Å². The Morgan fingerprint density at radius 2 is 1.88 bits per heavy atom. The first-order valence-electron chi connectivity index (χ1n) is 7.77. The second-order valence-electron chi connectivity index (χ2n) is 6.74. The average Bonchev–Trinajstić information content (AvgIpc) is 2.97. The summed E-state index contributed by atoms with van der Waals surface area (Å²) < 4.78 is 5.85. The van der Waals surface area contributed by atoms with Gasteiger partial charge < -0.3 is 10.2 Å². The summed E-state index contributed by atoms with van der Waals surface area (Å²) in [6.07, 6.45) is 0. The number of alkyl halides is 1. The Morgan fingerprint density at radius 3 is 2.50 bits per heavy atom.